The smallest absolute Gasteiger partial charge is 0.320 e. The third-order valence-electron chi connectivity index (χ3n) is 5.40. The lowest BCUT2D eigenvalue weighted by molar-refractivity contribution is -0.140. The average molecular weight is 374 g/mol. The molecule has 2 amide bonds. The second kappa shape index (κ2) is 7.28. The lowest BCUT2D eigenvalue weighted by Gasteiger charge is -2.45. The number of benzene rings is 1. The molecule has 0 radical (unpaired) electrons. The Hall–Kier alpha value is -2.46. The van der Waals surface area contributed by atoms with Crippen molar-refractivity contribution in [1.29, 1.82) is 0 Å². The van der Waals surface area contributed by atoms with Crippen LogP contribution < -0.4 is 0 Å². The molecule has 3 fully saturated rings. The summed E-state index contributed by atoms with van der Waals surface area (Å²) in [5, 5.41) is 0. The van der Waals surface area contributed by atoms with Gasteiger partial charge in [0.2, 0.25) is 0 Å². The van der Waals surface area contributed by atoms with Crippen molar-refractivity contribution in [2.24, 2.45) is 11.8 Å². The Morgan fingerprint density at radius 3 is 2.63 bits per heavy atom. The number of fused-ring (bicyclic) bond motifs is 1. The van der Waals surface area contributed by atoms with E-state index in [1.807, 2.05) is 0 Å². The minimum Gasteiger partial charge on any atom is -0.370 e. The van der Waals surface area contributed by atoms with Crippen molar-refractivity contribution in [2.45, 2.75) is 18.9 Å². The first-order valence-electron chi connectivity index (χ1n) is 9.14. The van der Waals surface area contributed by atoms with Crippen LogP contribution in [0.4, 0.5) is 13.6 Å². The molecule has 0 N–H and O–H groups in total. The fourth-order valence-corrected chi connectivity index (χ4v) is 3.87. The van der Waals surface area contributed by atoms with Crippen molar-refractivity contribution in [1.82, 2.24) is 9.80 Å². The number of urea groups is 1. The highest BCUT2D eigenvalue weighted by atomic mass is 19.1. The van der Waals surface area contributed by atoms with E-state index in [4.69, 9.17) is 4.74 Å². The van der Waals surface area contributed by atoms with Crippen molar-refractivity contribution in [3.05, 3.63) is 35.4 Å². The number of nitrogens with zero attached hydrogens (tertiary/aromatic N) is 2. The topological polar surface area (TPSA) is 49.9 Å². The molecule has 7 heteroatoms. The number of hydrogen-bond acceptors (Lipinski definition) is 3. The number of rotatable bonds is 0. The van der Waals surface area contributed by atoms with Crippen molar-refractivity contribution in [3.63, 3.8) is 0 Å². The lowest BCUT2D eigenvalue weighted by atomic mass is 9.88. The zero-order valence-electron chi connectivity index (χ0n) is 14.8. The van der Waals surface area contributed by atoms with Gasteiger partial charge in [0.25, 0.3) is 0 Å². The predicted octanol–water partition coefficient (Wildman–Crippen LogP) is 2.05. The fourth-order valence-electron chi connectivity index (χ4n) is 3.87. The van der Waals surface area contributed by atoms with Crippen molar-refractivity contribution < 1.29 is 23.1 Å². The van der Waals surface area contributed by atoms with Crippen LogP contribution in [-0.2, 0) is 9.53 Å². The predicted molar refractivity (Wildman–Crippen MR) is 92.7 cm³/mol. The Bertz CT molecular complexity index is 806. The fraction of sp³-hybridized carbons (Fsp3) is 0.500. The summed E-state index contributed by atoms with van der Waals surface area (Å²) in [5.74, 6) is 4.12. The molecule has 27 heavy (non-hydrogen) atoms. The molecule has 0 bridgehead atoms. The van der Waals surface area contributed by atoms with E-state index in [1.165, 1.54) is 18.2 Å². The quantitative estimate of drug-likeness (QED) is 0.653. The molecule has 0 spiro atoms. The van der Waals surface area contributed by atoms with E-state index in [0.29, 0.717) is 32.6 Å². The zero-order valence-corrected chi connectivity index (χ0v) is 14.8. The molecule has 3 saturated heterocycles. The van der Waals surface area contributed by atoms with E-state index >= 15 is 0 Å². The molecule has 3 aliphatic heterocycles. The average Bonchev–Trinajstić information content (AvgIpc) is 2.61. The van der Waals surface area contributed by atoms with Gasteiger partial charge in [-0.3, -0.25) is 4.79 Å². The normalized spacial score (nSPS) is 25.3. The van der Waals surface area contributed by atoms with E-state index in [0.717, 1.165) is 6.42 Å². The van der Waals surface area contributed by atoms with Crippen LogP contribution in [0.1, 0.15) is 18.4 Å². The maximum Gasteiger partial charge on any atom is 0.320 e. The Labute approximate surface area is 156 Å². The standard InChI is InChI=1S/C20H20F2N2O3/c21-17-2-1-3-18(22)16(17)5-4-13-9-24(10-13)20(26)23-7-6-19-14(11-23)8-15(25)12-27-19/h1-3,13-14,19H,6-12H2/t14-,19+/m1/s1. The summed E-state index contributed by atoms with van der Waals surface area (Å²) in [6.45, 7) is 2.22. The molecule has 0 saturated carbocycles. The number of carbonyl (C=O) groups excluding carboxylic acids is 2. The SMILES string of the molecule is O=C1CO[C@H]2CCN(C(=O)N3CC(C#Cc4c(F)cccc4F)C3)C[C@H]2C1. The number of piperidine rings is 1. The molecule has 4 rings (SSSR count). The van der Waals surface area contributed by atoms with Gasteiger partial charge in [-0.25, -0.2) is 13.6 Å². The molecule has 1 aromatic rings. The molecule has 0 aromatic heterocycles. The number of amides is 2. The maximum atomic E-state index is 13.6. The Morgan fingerprint density at radius 1 is 1.15 bits per heavy atom. The first-order chi connectivity index (χ1) is 13.0. The largest absolute Gasteiger partial charge is 0.370 e. The molecule has 0 aliphatic carbocycles. The van der Waals surface area contributed by atoms with Gasteiger partial charge >= 0.3 is 6.03 Å². The second-order valence-electron chi connectivity index (χ2n) is 7.34. The van der Waals surface area contributed by atoms with Gasteiger partial charge in [-0.1, -0.05) is 17.9 Å². The van der Waals surface area contributed by atoms with Gasteiger partial charge in [0, 0.05) is 38.5 Å². The van der Waals surface area contributed by atoms with Crippen LogP contribution >= 0.6 is 0 Å². The van der Waals surface area contributed by atoms with Gasteiger partial charge in [0.1, 0.15) is 18.2 Å². The molecule has 1 aromatic carbocycles. The van der Waals surface area contributed by atoms with Gasteiger partial charge in [-0.05, 0) is 18.6 Å². The number of carbonyl (C=O) groups is 2. The van der Waals surface area contributed by atoms with Gasteiger partial charge in [-0.15, -0.1) is 0 Å². The second-order valence-corrected chi connectivity index (χ2v) is 7.34. The van der Waals surface area contributed by atoms with Crippen molar-refractivity contribution >= 4 is 11.8 Å². The zero-order chi connectivity index (χ0) is 19.0. The van der Waals surface area contributed by atoms with Crippen LogP contribution in [0, 0.1) is 35.3 Å². The van der Waals surface area contributed by atoms with Crippen LogP contribution in [0.15, 0.2) is 18.2 Å². The first kappa shape index (κ1) is 17.9. The molecular formula is C20H20F2N2O3. The Balaban J connectivity index is 1.32. The number of halogens is 2. The van der Waals surface area contributed by atoms with Crippen molar-refractivity contribution in [3.8, 4) is 11.8 Å². The highest BCUT2D eigenvalue weighted by Gasteiger charge is 2.39. The molecular weight excluding hydrogens is 354 g/mol. The summed E-state index contributed by atoms with van der Waals surface area (Å²) >= 11 is 0. The van der Waals surface area contributed by atoms with E-state index < -0.39 is 11.6 Å². The first-order valence-corrected chi connectivity index (χ1v) is 9.14. The number of ketones is 1. The summed E-state index contributed by atoms with van der Waals surface area (Å²) in [5.41, 5.74) is -0.230. The van der Waals surface area contributed by atoms with Gasteiger partial charge in [0.05, 0.1) is 17.6 Å². The Kier molecular flexibility index (Phi) is 4.83. The summed E-state index contributed by atoms with van der Waals surface area (Å²) in [6, 6.07) is 3.58. The van der Waals surface area contributed by atoms with Gasteiger partial charge in [-0.2, -0.15) is 0 Å². The molecule has 2 atom stereocenters. The molecule has 3 heterocycles. The summed E-state index contributed by atoms with van der Waals surface area (Å²) < 4.78 is 32.7. The molecule has 5 nitrogen and oxygen atoms in total. The summed E-state index contributed by atoms with van der Waals surface area (Å²) in [6.07, 6.45) is 1.28. The Morgan fingerprint density at radius 2 is 1.89 bits per heavy atom. The van der Waals surface area contributed by atoms with E-state index in [2.05, 4.69) is 11.8 Å². The van der Waals surface area contributed by atoms with Gasteiger partial charge < -0.3 is 14.5 Å². The number of likely N-dealkylation sites (tertiary alicyclic amines) is 2. The monoisotopic (exact) mass is 374 g/mol. The molecule has 142 valence electrons. The maximum absolute atomic E-state index is 13.6. The van der Waals surface area contributed by atoms with Crippen molar-refractivity contribution in [2.75, 3.05) is 32.8 Å². The van der Waals surface area contributed by atoms with Crippen LogP contribution in [0.3, 0.4) is 0 Å². The highest BCUT2D eigenvalue weighted by Crippen LogP contribution is 2.28. The third-order valence-corrected chi connectivity index (χ3v) is 5.40. The number of hydrogen-bond donors (Lipinski definition) is 0. The minimum absolute atomic E-state index is 0.0671. The van der Waals surface area contributed by atoms with Crippen LogP contribution in [0.2, 0.25) is 0 Å². The summed E-state index contributed by atoms with van der Waals surface area (Å²) in [7, 11) is 0. The third kappa shape index (κ3) is 3.67. The highest BCUT2D eigenvalue weighted by molar-refractivity contribution is 5.81. The molecule has 3 aliphatic rings. The number of Topliss-reactive ketones (excluding diaryl/α,β-unsaturated/α-hetero) is 1. The lowest BCUT2D eigenvalue weighted by Crippen LogP contribution is -2.58. The minimum atomic E-state index is -0.679. The van der Waals surface area contributed by atoms with Crippen LogP contribution in [0.25, 0.3) is 0 Å². The van der Waals surface area contributed by atoms with Crippen LogP contribution in [0.5, 0.6) is 0 Å². The molecule has 0 unspecified atom stereocenters. The number of ether oxygens (including phenoxy) is 1. The van der Waals surface area contributed by atoms with E-state index in [9.17, 15) is 18.4 Å². The van der Waals surface area contributed by atoms with Gasteiger partial charge in [0.15, 0.2) is 5.78 Å². The van der Waals surface area contributed by atoms with E-state index in [-0.39, 0.29) is 41.9 Å². The van der Waals surface area contributed by atoms with Crippen LogP contribution in [-0.4, -0.2) is 60.5 Å². The summed E-state index contributed by atoms with van der Waals surface area (Å²) in [4.78, 5) is 27.6. The van der Waals surface area contributed by atoms with E-state index in [1.54, 1.807) is 9.80 Å².